The van der Waals surface area contributed by atoms with E-state index in [1.54, 1.807) is 6.92 Å². The number of nitro benzene ring substituents is 1. The summed E-state index contributed by atoms with van der Waals surface area (Å²) >= 11 is 0. The molecule has 0 unspecified atom stereocenters. The van der Waals surface area contributed by atoms with Crippen LogP contribution in [0.15, 0.2) is 18.5 Å². The van der Waals surface area contributed by atoms with Crippen LogP contribution in [0, 0.1) is 17.0 Å². The molecule has 0 aliphatic rings. The third kappa shape index (κ3) is 2.66. The summed E-state index contributed by atoms with van der Waals surface area (Å²) in [5.74, 6) is -0.237. The quantitative estimate of drug-likeness (QED) is 0.474. The normalized spacial score (nSPS) is 10.2. The number of carbonyl (C=O) groups is 1. The Hall–Kier alpha value is -2.97. The molecule has 2 aromatic rings. The van der Waals surface area contributed by atoms with Gasteiger partial charge >= 0.3 is 11.7 Å². The van der Waals surface area contributed by atoms with Crippen LogP contribution in [0.25, 0.3) is 5.69 Å². The zero-order valence-electron chi connectivity index (χ0n) is 11.6. The molecule has 0 radical (unpaired) electrons. The van der Waals surface area contributed by atoms with E-state index in [-0.39, 0.29) is 22.7 Å². The van der Waals surface area contributed by atoms with Gasteiger partial charge in [-0.05, 0) is 13.0 Å². The molecule has 1 aromatic carbocycles. The fraction of sp³-hybridized carbons (Fsp3) is 0.250. The Morgan fingerprint density at radius 2 is 2.10 bits per heavy atom. The predicted molar refractivity (Wildman–Crippen MR) is 70.6 cm³/mol. The van der Waals surface area contributed by atoms with Crippen LogP contribution < -0.4 is 4.74 Å². The van der Waals surface area contributed by atoms with Crippen LogP contribution in [0.3, 0.4) is 0 Å². The number of nitro groups is 1. The maximum atomic E-state index is 11.6. The predicted octanol–water partition coefficient (Wildman–Crippen LogP) is 1.28. The van der Waals surface area contributed by atoms with E-state index in [0.29, 0.717) is 5.82 Å². The van der Waals surface area contributed by atoms with Crippen molar-refractivity contribution in [2.45, 2.75) is 6.92 Å². The van der Waals surface area contributed by atoms with Crippen LogP contribution in [0.5, 0.6) is 5.75 Å². The van der Waals surface area contributed by atoms with E-state index >= 15 is 0 Å². The van der Waals surface area contributed by atoms with Crippen LogP contribution in [0.2, 0.25) is 0 Å². The summed E-state index contributed by atoms with van der Waals surface area (Å²) in [5, 5.41) is 15.2. The molecule has 1 aromatic heterocycles. The van der Waals surface area contributed by atoms with E-state index in [1.807, 2.05) is 0 Å². The molecule has 0 amide bonds. The molecule has 0 atom stereocenters. The number of carbonyl (C=O) groups excluding carboxylic acids is 1. The first kappa shape index (κ1) is 14.4. The fourth-order valence-corrected chi connectivity index (χ4v) is 1.81. The molecule has 0 saturated heterocycles. The number of benzene rings is 1. The van der Waals surface area contributed by atoms with Crippen LogP contribution in [-0.2, 0) is 4.74 Å². The second kappa shape index (κ2) is 5.57. The summed E-state index contributed by atoms with van der Waals surface area (Å²) in [6.07, 6.45) is 1.37. The lowest BCUT2D eigenvalue weighted by atomic mass is 10.1. The number of methoxy groups -OCH3 is 2. The molecule has 110 valence electrons. The van der Waals surface area contributed by atoms with Crippen molar-refractivity contribution in [1.29, 1.82) is 0 Å². The van der Waals surface area contributed by atoms with Gasteiger partial charge in [0.05, 0.1) is 24.7 Å². The lowest BCUT2D eigenvalue weighted by Crippen LogP contribution is -2.08. The minimum absolute atomic E-state index is 0.0162. The van der Waals surface area contributed by atoms with E-state index in [9.17, 15) is 14.9 Å². The van der Waals surface area contributed by atoms with E-state index in [1.165, 1.54) is 31.3 Å². The summed E-state index contributed by atoms with van der Waals surface area (Å²) in [4.78, 5) is 26.1. The van der Waals surface area contributed by atoms with Gasteiger partial charge in [0.25, 0.3) is 0 Å². The third-order valence-corrected chi connectivity index (χ3v) is 2.72. The molecule has 21 heavy (non-hydrogen) atoms. The number of nitrogens with zero attached hydrogens (tertiary/aromatic N) is 4. The number of rotatable bonds is 4. The summed E-state index contributed by atoms with van der Waals surface area (Å²) < 4.78 is 11.0. The van der Waals surface area contributed by atoms with Gasteiger partial charge in [-0.25, -0.2) is 14.5 Å². The maximum absolute atomic E-state index is 11.6. The van der Waals surface area contributed by atoms with Crippen LogP contribution in [-0.4, -0.2) is 39.9 Å². The highest BCUT2D eigenvalue weighted by atomic mass is 16.6. The lowest BCUT2D eigenvalue weighted by Gasteiger charge is -2.10. The van der Waals surface area contributed by atoms with Gasteiger partial charge in [-0.2, -0.15) is 5.10 Å². The van der Waals surface area contributed by atoms with Gasteiger partial charge in [-0.1, -0.05) is 0 Å². The van der Waals surface area contributed by atoms with Crippen molar-refractivity contribution in [3.63, 3.8) is 0 Å². The molecule has 0 aliphatic carbocycles. The Balaban J connectivity index is 2.74. The summed E-state index contributed by atoms with van der Waals surface area (Å²) in [6.45, 7) is 1.67. The molecule has 1 heterocycles. The first-order chi connectivity index (χ1) is 9.97. The maximum Gasteiger partial charge on any atom is 0.338 e. The van der Waals surface area contributed by atoms with Gasteiger partial charge in [0.2, 0.25) is 5.75 Å². The van der Waals surface area contributed by atoms with Crippen molar-refractivity contribution in [2.75, 3.05) is 14.2 Å². The van der Waals surface area contributed by atoms with Crippen LogP contribution >= 0.6 is 0 Å². The van der Waals surface area contributed by atoms with Crippen molar-refractivity contribution in [1.82, 2.24) is 14.8 Å². The molecule has 0 saturated carbocycles. The summed E-state index contributed by atoms with van der Waals surface area (Å²) in [5.41, 5.74) is -0.107. The van der Waals surface area contributed by atoms with Gasteiger partial charge in [-0.15, -0.1) is 0 Å². The fourth-order valence-electron chi connectivity index (χ4n) is 1.81. The Morgan fingerprint density at radius 3 is 2.57 bits per heavy atom. The highest BCUT2D eigenvalue weighted by molar-refractivity contribution is 5.92. The van der Waals surface area contributed by atoms with E-state index < -0.39 is 10.9 Å². The highest BCUT2D eigenvalue weighted by Gasteiger charge is 2.25. The van der Waals surface area contributed by atoms with Gasteiger partial charge in [0, 0.05) is 6.07 Å². The second-order valence-electron chi connectivity index (χ2n) is 4.03. The first-order valence-electron chi connectivity index (χ1n) is 5.81. The molecular weight excluding hydrogens is 280 g/mol. The molecule has 0 bridgehead atoms. The van der Waals surface area contributed by atoms with Gasteiger partial charge in [-0.3, -0.25) is 10.1 Å². The van der Waals surface area contributed by atoms with Crippen molar-refractivity contribution in [3.8, 4) is 11.4 Å². The Morgan fingerprint density at radius 1 is 1.38 bits per heavy atom. The smallest absolute Gasteiger partial charge is 0.338 e. The topological polar surface area (TPSA) is 109 Å². The Labute approximate surface area is 119 Å². The SMILES string of the molecule is COC(=O)c1cc(-n2cnc(C)n2)c(OC)c([N+](=O)[O-])c1. The van der Waals surface area contributed by atoms with Crippen molar-refractivity contribution in [3.05, 3.63) is 40.0 Å². The third-order valence-electron chi connectivity index (χ3n) is 2.72. The molecular formula is C12H12N4O5. The molecule has 0 N–H and O–H groups in total. The molecule has 9 nitrogen and oxygen atoms in total. The Bertz CT molecular complexity index is 710. The summed E-state index contributed by atoms with van der Waals surface area (Å²) in [7, 11) is 2.49. The van der Waals surface area contributed by atoms with Crippen LogP contribution in [0.4, 0.5) is 5.69 Å². The number of aryl methyl sites for hydroxylation is 1. The standard InChI is InChI=1S/C12H12N4O5/c1-7-13-6-15(14-7)9-4-8(12(17)21-3)5-10(16(18)19)11(9)20-2/h4-6H,1-3H3. The van der Waals surface area contributed by atoms with Crippen molar-refractivity contribution >= 4 is 11.7 Å². The molecule has 0 fully saturated rings. The number of aromatic nitrogens is 3. The second-order valence-corrected chi connectivity index (χ2v) is 4.03. The Kier molecular flexibility index (Phi) is 3.83. The van der Waals surface area contributed by atoms with E-state index in [4.69, 9.17) is 4.74 Å². The number of ether oxygens (including phenoxy) is 2. The molecule has 2 rings (SSSR count). The number of esters is 1. The lowest BCUT2D eigenvalue weighted by molar-refractivity contribution is -0.385. The van der Waals surface area contributed by atoms with E-state index in [2.05, 4.69) is 14.8 Å². The average Bonchev–Trinajstić information content (AvgIpc) is 2.91. The average molecular weight is 292 g/mol. The minimum Gasteiger partial charge on any atom is -0.489 e. The number of hydrogen-bond acceptors (Lipinski definition) is 7. The largest absolute Gasteiger partial charge is 0.489 e. The summed E-state index contributed by atoms with van der Waals surface area (Å²) in [6, 6.07) is 2.49. The molecule has 9 heteroatoms. The van der Waals surface area contributed by atoms with Gasteiger partial charge < -0.3 is 9.47 Å². The first-order valence-corrected chi connectivity index (χ1v) is 5.81. The minimum atomic E-state index is -0.696. The monoisotopic (exact) mass is 292 g/mol. The van der Waals surface area contributed by atoms with Crippen molar-refractivity contribution < 1.29 is 19.2 Å². The number of hydrogen-bond donors (Lipinski definition) is 0. The van der Waals surface area contributed by atoms with Crippen molar-refractivity contribution in [2.24, 2.45) is 0 Å². The van der Waals surface area contributed by atoms with Gasteiger partial charge in [0.1, 0.15) is 17.8 Å². The zero-order valence-corrected chi connectivity index (χ0v) is 11.6. The zero-order chi connectivity index (χ0) is 15.6. The van der Waals surface area contributed by atoms with Gasteiger partial charge in [0.15, 0.2) is 0 Å². The highest BCUT2D eigenvalue weighted by Crippen LogP contribution is 2.34. The van der Waals surface area contributed by atoms with E-state index in [0.717, 1.165) is 6.07 Å². The van der Waals surface area contributed by atoms with Crippen LogP contribution in [0.1, 0.15) is 16.2 Å². The molecule has 0 spiro atoms. The molecule has 0 aliphatic heterocycles.